The average molecular weight is 224 g/mol. The minimum absolute atomic E-state index is 0.237. The fraction of sp³-hybridized carbons (Fsp3) is 0.857. The van der Waals surface area contributed by atoms with E-state index in [0.717, 1.165) is 26.0 Å². The molecule has 0 bridgehead atoms. The number of alkyl halides is 1. The molecule has 1 fully saturated rings. The van der Waals surface area contributed by atoms with Gasteiger partial charge in [-0.05, 0) is 0 Å². The first kappa shape index (κ1) is 11.1. The first-order valence-electron chi connectivity index (χ1n) is 3.71. The number of rotatable bonds is 1. The average Bonchev–Trinajstić information content (AvgIpc) is 2.07. The summed E-state index contributed by atoms with van der Waals surface area (Å²) >= 11 is 3.30. The maximum absolute atomic E-state index is 9.17. The summed E-state index contributed by atoms with van der Waals surface area (Å²) < 4.78 is 5.13. The summed E-state index contributed by atoms with van der Waals surface area (Å²) in [5.74, 6) is 0. The molecule has 1 rings (SSSR count). The van der Waals surface area contributed by atoms with Crippen molar-refractivity contribution in [2.75, 3.05) is 19.7 Å². The Balaban J connectivity index is 0.000000218. The van der Waals surface area contributed by atoms with Crippen LogP contribution in [0.5, 0.6) is 0 Å². The largest absolute Gasteiger partial charge is 0.364 e. The van der Waals surface area contributed by atoms with Crippen molar-refractivity contribution in [3.05, 3.63) is 0 Å². The summed E-state index contributed by atoms with van der Waals surface area (Å²) in [6.45, 7) is 4.56. The number of aldehydes is 1. The number of carbonyl (C=O) groups is 1. The highest BCUT2D eigenvalue weighted by molar-refractivity contribution is 9.09. The molecule has 0 amide bonds. The quantitative estimate of drug-likeness (QED) is 0.531. The van der Waals surface area contributed by atoms with Crippen molar-refractivity contribution in [1.82, 2.24) is 5.32 Å². The molecule has 0 spiro atoms. The molecule has 0 aromatic rings. The van der Waals surface area contributed by atoms with Crippen LogP contribution in [0.3, 0.4) is 0 Å². The highest BCUT2D eigenvalue weighted by Crippen LogP contribution is 2.01. The van der Waals surface area contributed by atoms with E-state index in [4.69, 9.17) is 4.74 Å². The van der Waals surface area contributed by atoms with E-state index in [1.807, 2.05) is 6.92 Å². The maximum atomic E-state index is 9.17. The zero-order chi connectivity index (χ0) is 8.53. The van der Waals surface area contributed by atoms with Gasteiger partial charge < -0.3 is 14.8 Å². The van der Waals surface area contributed by atoms with Crippen molar-refractivity contribution < 1.29 is 9.53 Å². The standard InChI is InChI=1S/C4H8BrNO.C3H6O/c5-4-3-6-1-2-7-4;1-2-3-4/h4,6H,1-3H2;3H,2H2,1H3. The van der Waals surface area contributed by atoms with Gasteiger partial charge in [0.15, 0.2) is 0 Å². The molecule has 1 aliphatic rings. The van der Waals surface area contributed by atoms with Crippen LogP contribution in [0.4, 0.5) is 0 Å². The summed E-state index contributed by atoms with van der Waals surface area (Å²) in [6, 6.07) is 0. The van der Waals surface area contributed by atoms with Crippen molar-refractivity contribution in [3.63, 3.8) is 0 Å². The lowest BCUT2D eigenvalue weighted by Gasteiger charge is -2.17. The molecule has 4 heteroatoms. The smallest absolute Gasteiger partial charge is 0.124 e. The summed E-state index contributed by atoms with van der Waals surface area (Å²) in [6.07, 6.45) is 1.51. The molecule has 0 radical (unpaired) electrons. The Labute approximate surface area is 75.6 Å². The van der Waals surface area contributed by atoms with Gasteiger partial charge in [-0.3, -0.25) is 0 Å². The molecule has 0 aliphatic carbocycles. The van der Waals surface area contributed by atoms with Crippen molar-refractivity contribution in [2.45, 2.75) is 18.4 Å². The number of carbonyl (C=O) groups excluding carboxylic acids is 1. The van der Waals surface area contributed by atoms with E-state index in [1.54, 1.807) is 0 Å². The number of hydrogen-bond acceptors (Lipinski definition) is 3. The molecule has 1 unspecified atom stereocenters. The third-order valence-electron chi connectivity index (χ3n) is 1.05. The van der Waals surface area contributed by atoms with Crippen LogP contribution in [-0.2, 0) is 9.53 Å². The molecule has 1 saturated heterocycles. The Hall–Kier alpha value is 0.0700. The van der Waals surface area contributed by atoms with Crippen LogP contribution in [-0.4, -0.2) is 31.0 Å². The van der Waals surface area contributed by atoms with Gasteiger partial charge in [-0.25, -0.2) is 0 Å². The third-order valence-corrected chi connectivity index (χ3v) is 1.64. The van der Waals surface area contributed by atoms with Gasteiger partial charge in [0.05, 0.1) is 6.61 Å². The monoisotopic (exact) mass is 223 g/mol. The van der Waals surface area contributed by atoms with Crippen LogP contribution in [0.2, 0.25) is 0 Å². The summed E-state index contributed by atoms with van der Waals surface area (Å²) in [4.78, 5) is 9.17. The normalized spacial score (nSPS) is 23.3. The second-order valence-electron chi connectivity index (χ2n) is 2.06. The van der Waals surface area contributed by atoms with E-state index in [2.05, 4.69) is 21.2 Å². The van der Waals surface area contributed by atoms with Crippen LogP contribution < -0.4 is 5.32 Å². The predicted molar refractivity (Wildman–Crippen MR) is 47.9 cm³/mol. The fourth-order valence-corrected chi connectivity index (χ4v) is 0.949. The highest BCUT2D eigenvalue weighted by Gasteiger charge is 2.06. The van der Waals surface area contributed by atoms with E-state index >= 15 is 0 Å². The zero-order valence-corrected chi connectivity index (χ0v) is 8.26. The minimum Gasteiger partial charge on any atom is -0.364 e. The minimum atomic E-state index is 0.237. The van der Waals surface area contributed by atoms with Crippen LogP contribution in [0.25, 0.3) is 0 Å². The lowest BCUT2D eigenvalue weighted by Crippen LogP contribution is -2.34. The Bertz CT molecular complexity index is 94.4. The van der Waals surface area contributed by atoms with Crippen molar-refractivity contribution in [1.29, 1.82) is 0 Å². The molecule has 11 heavy (non-hydrogen) atoms. The van der Waals surface area contributed by atoms with E-state index in [-0.39, 0.29) is 5.01 Å². The van der Waals surface area contributed by atoms with Gasteiger partial charge in [-0.1, -0.05) is 22.9 Å². The second kappa shape index (κ2) is 8.17. The Morgan fingerprint density at radius 3 is 2.64 bits per heavy atom. The molecular formula is C7H14BrNO2. The summed E-state index contributed by atoms with van der Waals surface area (Å²) in [7, 11) is 0. The summed E-state index contributed by atoms with van der Waals surface area (Å²) in [5, 5.41) is 3.40. The molecule has 1 aliphatic heterocycles. The molecule has 0 aromatic heterocycles. The van der Waals surface area contributed by atoms with E-state index in [1.165, 1.54) is 0 Å². The van der Waals surface area contributed by atoms with Gasteiger partial charge in [0, 0.05) is 19.5 Å². The van der Waals surface area contributed by atoms with Gasteiger partial charge in [0.2, 0.25) is 0 Å². The zero-order valence-electron chi connectivity index (χ0n) is 6.68. The van der Waals surface area contributed by atoms with Crippen LogP contribution in [0, 0.1) is 0 Å². The summed E-state index contributed by atoms with van der Waals surface area (Å²) in [5.41, 5.74) is 0. The van der Waals surface area contributed by atoms with Crippen molar-refractivity contribution in [2.24, 2.45) is 0 Å². The fourth-order valence-electron chi connectivity index (χ4n) is 0.533. The number of nitrogens with one attached hydrogen (secondary N) is 1. The lowest BCUT2D eigenvalue weighted by atomic mass is 10.5. The number of hydrogen-bond donors (Lipinski definition) is 1. The number of morpholine rings is 1. The van der Waals surface area contributed by atoms with E-state index in [0.29, 0.717) is 6.42 Å². The second-order valence-corrected chi connectivity index (χ2v) is 3.08. The van der Waals surface area contributed by atoms with E-state index in [9.17, 15) is 4.79 Å². The first-order valence-corrected chi connectivity index (χ1v) is 4.62. The lowest BCUT2D eigenvalue weighted by molar-refractivity contribution is -0.107. The molecule has 1 atom stereocenters. The van der Waals surface area contributed by atoms with Crippen LogP contribution >= 0.6 is 15.9 Å². The van der Waals surface area contributed by atoms with Gasteiger partial charge in [-0.15, -0.1) is 0 Å². The Kier molecular flexibility index (Phi) is 8.22. The van der Waals surface area contributed by atoms with Crippen molar-refractivity contribution >= 4 is 22.2 Å². The molecule has 0 saturated carbocycles. The molecular weight excluding hydrogens is 210 g/mol. The topological polar surface area (TPSA) is 38.3 Å². The number of halogens is 1. The Morgan fingerprint density at radius 1 is 1.82 bits per heavy atom. The number of ether oxygens (including phenoxy) is 1. The highest BCUT2D eigenvalue weighted by atomic mass is 79.9. The Morgan fingerprint density at radius 2 is 2.45 bits per heavy atom. The maximum Gasteiger partial charge on any atom is 0.124 e. The van der Waals surface area contributed by atoms with E-state index < -0.39 is 0 Å². The molecule has 0 aromatic carbocycles. The van der Waals surface area contributed by atoms with Gasteiger partial charge >= 0.3 is 0 Å². The SMILES string of the molecule is BrC1CNCCO1.CCC=O. The third kappa shape index (κ3) is 7.97. The molecule has 1 heterocycles. The molecule has 1 N–H and O–H groups in total. The van der Waals surface area contributed by atoms with Crippen LogP contribution in [0.1, 0.15) is 13.3 Å². The van der Waals surface area contributed by atoms with Gasteiger partial charge in [0.1, 0.15) is 11.3 Å². The molecule has 66 valence electrons. The molecule has 3 nitrogen and oxygen atoms in total. The van der Waals surface area contributed by atoms with Gasteiger partial charge in [0.25, 0.3) is 0 Å². The van der Waals surface area contributed by atoms with Gasteiger partial charge in [-0.2, -0.15) is 0 Å². The van der Waals surface area contributed by atoms with Crippen LogP contribution in [0.15, 0.2) is 0 Å². The first-order chi connectivity index (χ1) is 5.31. The van der Waals surface area contributed by atoms with Crippen molar-refractivity contribution in [3.8, 4) is 0 Å². The predicted octanol–water partition coefficient (Wildman–Crippen LogP) is 0.922.